The van der Waals surface area contributed by atoms with Gasteiger partial charge in [-0.25, -0.2) is 18.7 Å². The number of fused-ring (bicyclic) bond motifs is 1. The minimum atomic E-state index is -4.83. The number of amides is 3. The van der Waals surface area contributed by atoms with Crippen LogP contribution in [0.3, 0.4) is 0 Å². The van der Waals surface area contributed by atoms with Gasteiger partial charge in [0.2, 0.25) is 18.0 Å². The number of ether oxygens (including phenoxy) is 1. The molecule has 3 amide bonds. The lowest BCUT2D eigenvalue weighted by Crippen LogP contribution is -2.51. The Hall–Kier alpha value is -4.96. The summed E-state index contributed by atoms with van der Waals surface area (Å²) in [6.07, 6.45) is -6.79. The van der Waals surface area contributed by atoms with Crippen molar-refractivity contribution in [2.75, 3.05) is 11.6 Å². The van der Waals surface area contributed by atoms with Gasteiger partial charge < -0.3 is 25.6 Å². The molecular formula is C36H37F4N4O9P. The lowest BCUT2D eigenvalue weighted by Gasteiger charge is -2.28. The van der Waals surface area contributed by atoms with E-state index in [1.807, 2.05) is 0 Å². The van der Waals surface area contributed by atoms with Gasteiger partial charge in [-0.05, 0) is 48.9 Å². The molecule has 1 heterocycles. The maximum atomic E-state index is 15.8. The Morgan fingerprint density at radius 2 is 1.72 bits per heavy atom. The Morgan fingerprint density at radius 1 is 1.02 bits per heavy atom. The topological polar surface area (TPSA) is 198 Å². The second-order valence-electron chi connectivity index (χ2n) is 13.0. The average molecular weight is 777 g/mol. The Kier molecular flexibility index (Phi) is 12.7. The van der Waals surface area contributed by atoms with Crippen LogP contribution in [0.25, 0.3) is 0 Å². The maximum absolute atomic E-state index is 15.8. The molecule has 54 heavy (non-hydrogen) atoms. The second kappa shape index (κ2) is 17.0. The van der Waals surface area contributed by atoms with E-state index in [9.17, 15) is 36.9 Å². The molecule has 3 aromatic carbocycles. The van der Waals surface area contributed by atoms with E-state index < -0.39 is 87.7 Å². The van der Waals surface area contributed by atoms with Crippen molar-refractivity contribution in [1.82, 2.24) is 5.32 Å². The van der Waals surface area contributed by atoms with Gasteiger partial charge in [-0.2, -0.15) is 13.2 Å². The first kappa shape index (κ1) is 40.2. The van der Waals surface area contributed by atoms with Crippen LogP contribution in [0.1, 0.15) is 65.6 Å². The van der Waals surface area contributed by atoms with E-state index >= 15 is 4.39 Å². The van der Waals surface area contributed by atoms with E-state index in [-0.39, 0.29) is 46.8 Å². The highest BCUT2D eigenvalue weighted by Crippen LogP contribution is 2.40. The number of nitrogens with one attached hydrogen (secondary N) is 1. The lowest BCUT2D eigenvalue weighted by atomic mass is 9.82. The van der Waals surface area contributed by atoms with E-state index in [2.05, 4.69) is 14.8 Å². The fourth-order valence-corrected chi connectivity index (χ4v) is 6.48. The summed E-state index contributed by atoms with van der Waals surface area (Å²) < 4.78 is 76.3. The first-order chi connectivity index (χ1) is 25.5. The first-order valence-electron chi connectivity index (χ1n) is 16.9. The zero-order valence-corrected chi connectivity index (χ0v) is 29.5. The smallest absolute Gasteiger partial charge is 0.440 e. The van der Waals surface area contributed by atoms with Crippen LogP contribution in [0, 0.1) is 23.6 Å². The third-order valence-electron chi connectivity index (χ3n) is 8.93. The monoisotopic (exact) mass is 776 g/mol. The number of aliphatic imine (C=N–C) groups is 1. The highest BCUT2D eigenvalue weighted by Gasteiger charge is 2.41. The van der Waals surface area contributed by atoms with Crippen molar-refractivity contribution >= 4 is 42.9 Å². The molecule has 0 radical (unpaired) electrons. The minimum Gasteiger partial charge on any atom is -0.440 e. The highest BCUT2D eigenvalue weighted by atomic mass is 31.2. The van der Waals surface area contributed by atoms with Crippen molar-refractivity contribution < 1.29 is 60.4 Å². The number of nitrogens with zero attached hydrogens (tertiary/aromatic N) is 2. The average Bonchev–Trinajstić information content (AvgIpc) is 3.95. The van der Waals surface area contributed by atoms with E-state index in [1.165, 1.54) is 36.4 Å². The summed E-state index contributed by atoms with van der Waals surface area (Å²) in [5.74, 6) is -7.31. The number of alkyl halides is 3. The number of phosphoric ester groups is 1. The van der Waals surface area contributed by atoms with E-state index in [0.717, 1.165) is 23.8 Å². The third-order valence-corrected chi connectivity index (χ3v) is 9.40. The van der Waals surface area contributed by atoms with Crippen LogP contribution in [-0.4, -0.2) is 58.3 Å². The van der Waals surface area contributed by atoms with Gasteiger partial charge in [0.25, 0.3) is 5.91 Å². The van der Waals surface area contributed by atoms with Crippen LogP contribution in [0.5, 0.6) is 0 Å². The Morgan fingerprint density at radius 3 is 2.37 bits per heavy atom. The van der Waals surface area contributed by atoms with Gasteiger partial charge in [0, 0.05) is 29.4 Å². The number of anilines is 1. The summed E-state index contributed by atoms with van der Waals surface area (Å²) >= 11 is 0. The molecule has 5 N–H and O–H groups in total. The number of halogens is 4. The molecule has 1 aliphatic heterocycles. The van der Waals surface area contributed by atoms with Crippen LogP contribution in [0.2, 0.25) is 0 Å². The number of hydrogen-bond donors (Lipinski definition) is 4. The standard InChI is InChI=1S/C36H37F4N4O9P/c37-28-13-5-11-26-29(23-8-2-1-3-9-23)42-32(43-33(46)25(12-6-16-36(38,39)40)27(31(41)45)18-21-14-15-21)34(47)44(30(26)28)20-52-35(48)24-10-4-7-22(17-24)19-53-54(49,50)51/h1-5,7-11,13,17,21,25,27,32H,6,12,14-16,18-20H2,(H2,41,45)(H,43,46)(H2,49,50,51). The molecule has 0 aromatic heterocycles. The summed E-state index contributed by atoms with van der Waals surface area (Å²) in [7, 11) is -4.83. The Balaban J connectivity index is 1.49. The number of nitrogens with two attached hydrogens (primary N) is 1. The van der Waals surface area contributed by atoms with Crippen molar-refractivity contribution in [1.29, 1.82) is 0 Å². The number of esters is 1. The van der Waals surface area contributed by atoms with Crippen LogP contribution in [-0.2, 0) is 34.8 Å². The molecule has 0 bridgehead atoms. The quantitative estimate of drug-likeness (QED) is 0.0866. The molecule has 1 saturated carbocycles. The van der Waals surface area contributed by atoms with Gasteiger partial charge >= 0.3 is 20.0 Å². The largest absolute Gasteiger partial charge is 0.469 e. The molecule has 13 nitrogen and oxygen atoms in total. The van der Waals surface area contributed by atoms with Crippen LogP contribution < -0.4 is 16.0 Å². The Labute approximate surface area is 306 Å². The third kappa shape index (κ3) is 10.8. The van der Waals surface area contributed by atoms with E-state index in [1.54, 1.807) is 30.3 Å². The summed E-state index contributed by atoms with van der Waals surface area (Å²) in [5, 5.41) is 2.48. The lowest BCUT2D eigenvalue weighted by molar-refractivity contribution is -0.140. The van der Waals surface area contributed by atoms with Gasteiger partial charge in [-0.15, -0.1) is 0 Å². The van der Waals surface area contributed by atoms with Crippen LogP contribution >= 0.6 is 7.82 Å². The number of carbonyl (C=O) groups excluding carboxylic acids is 4. The van der Waals surface area contributed by atoms with Gasteiger partial charge in [-0.1, -0.05) is 67.4 Å². The molecular weight excluding hydrogens is 739 g/mol. The number of benzene rings is 3. The Bertz CT molecular complexity index is 1950. The normalized spacial score (nSPS) is 17.1. The molecule has 2 aliphatic rings. The zero-order chi connectivity index (χ0) is 39.2. The number of phosphoric acid groups is 1. The molecule has 0 saturated heterocycles. The van der Waals surface area contributed by atoms with Crippen molar-refractivity contribution in [3.05, 3.63) is 101 Å². The van der Waals surface area contributed by atoms with Crippen LogP contribution in [0.4, 0.5) is 23.2 Å². The van der Waals surface area contributed by atoms with Gasteiger partial charge in [0.1, 0.15) is 5.82 Å². The van der Waals surface area contributed by atoms with Gasteiger partial charge in [0.05, 0.1) is 23.6 Å². The molecule has 3 atom stereocenters. The summed E-state index contributed by atoms with van der Waals surface area (Å²) in [6.45, 7) is -1.47. The summed E-state index contributed by atoms with van der Waals surface area (Å²) in [6, 6.07) is 17.5. The molecule has 1 fully saturated rings. The SMILES string of the molecule is NC(=O)C(CC1CC1)C(CCCC(F)(F)F)C(=O)NC1N=C(c2ccccc2)c2cccc(F)c2N(COC(=O)c2cccc(COP(=O)(O)O)c2)C1=O. The molecule has 1 aliphatic carbocycles. The van der Waals surface area contributed by atoms with Gasteiger partial charge in [-0.3, -0.25) is 23.8 Å². The van der Waals surface area contributed by atoms with Crippen molar-refractivity contribution in [2.45, 2.75) is 57.5 Å². The zero-order valence-electron chi connectivity index (χ0n) is 28.6. The molecule has 5 rings (SSSR count). The minimum absolute atomic E-state index is 0.0494. The fourth-order valence-electron chi connectivity index (χ4n) is 6.16. The number of hydrogen-bond acceptors (Lipinski definition) is 8. The molecule has 0 spiro atoms. The molecule has 3 aromatic rings. The molecule has 288 valence electrons. The summed E-state index contributed by atoms with van der Waals surface area (Å²) in [4.78, 5) is 77.5. The number of benzodiazepines with no additional fused rings is 1. The van der Waals surface area contributed by atoms with Gasteiger partial charge in [0.15, 0.2) is 6.73 Å². The van der Waals surface area contributed by atoms with Crippen molar-refractivity contribution in [3.8, 4) is 0 Å². The maximum Gasteiger partial charge on any atom is 0.469 e. The number of carbonyl (C=O) groups is 4. The molecule has 3 unspecified atom stereocenters. The van der Waals surface area contributed by atoms with E-state index in [0.29, 0.717) is 5.56 Å². The molecule has 18 heteroatoms. The van der Waals surface area contributed by atoms with Crippen molar-refractivity contribution in [3.63, 3.8) is 0 Å². The summed E-state index contributed by atoms with van der Waals surface area (Å²) in [5.41, 5.74) is 5.92. The first-order valence-corrected chi connectivity index (χ1v) is 18.4. The number of primary amides is 1. The number of rotatable bonds is 16. The fraction of sp³-hybridized carbons (Fsp3) is 0.361. The second-order valence-corrected chi connectivity index (χ2v) is 14.2. The number of para-hydroxylation sites is 1. The highest BCUT2D eigenvalue weighted by molar-refractivity contribution is 7.46. The van der Waals surface area contributed by atoms with E-state index in [4.69, 9.17) is 20.3 Å². The van der Waals surface area contributed by atoms with Crippen LogP contribution in [0.15, 0.2) is 77.8 Å². The predicted octanol–water partition coefficient (Wildman–Crippen LogP) is 5.13. The van der Waals surface area contributed by atoms with Crippen molar-refractivity contribution in [2.24, 2.45) is 28.5 Å². The predicted molar refractivity (Wildman–Crippen MR) is 185 cm³/mol.